The number of carbonyl (C=O) groups excluding carboxylic acids is 1. The van der Waals surface area contributed by atoms with Gasteiger partial charge >= 0.3 is 0 Å². The van der Waals surface area contributed by atoms with Crippen molar-refractivity contribution >= 4 is 17.3 Å². The summed E-state index contributed by atoms with van der Waals surface area (Å²) in [5, 5.41) is 2.71. The molecule has 0 aromatic heterocycles. The van der Waals surface area contributed by atoms with Gasteiger partial charge in [-0.2, -0.15) is 0 Å². The zero-order valence-electron chi connectivity index (χ0n) is 9.94. The van der Waals surface area contributed by atoms with E-state index in [1.807, 2.05) is 0 Å². The van der Waals surface area contributed by atoms with Gasteiger partial charge in [0, 0.05) is 17.8 Å². The fourth-order valence-electron chi connectivity index (χ4n) is 2.02. The quantitative estimate of drug-likeness (QED) is 0.814. The summed E-state index contributed by atoms with van der Waals surface area (Å²) in [6, 6.07) is 9.14. The van der Waals surface area contributed by atoms with Crippen LogP contribution >= 0.6 is 0 Å². The molecule has 0 atom stereocenters. The van der Waals surface area contributed by atoms with Crippen molar-refractivity contribution in [3.63, 3.8) is 0 Å². The Morgan fingerprint density at radius 3 is 2.89 bits per heavy atom. The van der Waals surface area contributed by atoms with E-state index >= 15 is 0 Å². The molecule has 3 N–H and O–H groups in total. The highest BCUT2D eigenvalue weighted by Gasteiger charge is 2.20. The van der Waals surface area contributed by atoms with Crippen molar-refractivity contribution in [1.82, 2.24) is 0 Å². The number of ether oxygens (including phenoxy) is 1. The minimum atomic E-state index is -0.384. The highest BCUT2D eigenvalue weighted by molar-refractivity contribution is 6.00. The van der Waals surface area contributed by atoms with E-state index < -0.39 is 0 Å². The number of halogens is 1. The molecule has 1 aliphatic rings. The second-order valence-electron chi connectivity index (χ2n) is 4.33. The number of nitrogen functional groups attached to an aromatic ring is 1. The first kappa shape index (κ1) is 11.5. The van der Waals surface area contributed by atoms with E-state index in [0.29, 0.717) is 29.3 Å². The molecule has 5 heteroatoms. The minimum absolute atomic E-state index is 0.0719. The van der Waals surface area contributed by atoms with E-state index in [0.717, 1.165) is 5.56 Å². The number of amides is 1. The summed E-state index contributed by atoms with van der Waals surface area (Å²) in [6.45, 7) is 0. The van der Waals surface area contributed by atoms with Crippen molar-refractivity contribution in [3.05, 3.63) is 47.8 Å². The average molecular weight is 258 g/mol. The lowest BCUT2D eigenvalue weighted by molar-refractivity contribution is -0.115. The first-order valence-corrected chi connectivity index (χ1v) is 5.77. The van der Waals surface area contributed by atoms with Gasteiger partial charge in [-0.3, -0.25) is 4.79 Å². The standard InChI is InChI=1S/C14H11FN2O2/c15-9-2-1-3-10(6-9)19-13-7-12-8(4-11(13)16)5-14(18)17-12/h1-4,6-7H,5,16H2,(H,17,18). The third-order valence-corrected chi connectivity index (χ3v) is 2.88. The largest absolute Gasteiger partial charge is 0.455 e. The number of hydrogen-bond acceptors (Lipinski definition) is 3. The van der Waals surface area contributed by atoms with Crippen molar-refractivity contribution in [3.8, 4) is 11.5 Å². The van der Waals surface area contributed by atoms with Crippen molar-refractivity contribution in [1.29, 1.82) is 0 Å². The molecule has 0 spiro atoms. The lowest BCUT2D eigenvalue weighted by atomic mass is 10.1. The van der Waals surface area contributed by atoms with Gasteiger partial charge in [0.1, 0.15) is 11.6 Å². The fourth-order valence-corrected chi connectivity index (χ4v) is 2.02. The molecule has 1 heterocycles. The SMILES string of the molecule is Nc1cc2c(cc1Oc1cccc(F)c1)NC(=O)C2. The molecule has 1 aliphatic heterocycles. The molecule has 0 saturated carbocycles. The van der Waals surface area contributed by atoms with Crippen LogP contribution in [0.25, 0.3) is 0 Å². The predicted molar refractivity (Wildman–Crippen MR) is 69.7 cm³/mol. The molecule has 0 bridgehead atoms. The van der Waals surface area contributed by atoms with Gasteiger partial charge in [0.05, 0.1) is 12.1 Å². The van der Waals surface area contributed by atoms with Crippen LogP contribution in [0.4, 0.5) is 15.8 Å². The maximum atomic E-state index is 13.1. The van der Waals surface area contributed by atoms with E-state index in [2.05, 4.69) is 5.32 Å². The van der Waals surface area contributed by atoms with Crippen molar-refractivity contribution in [2.24, 2.45) is 0 Å². The Morgan fingerprint density at radius 2 is 2.11 bits per heavy atom. The maximum Gasteiger partial charge on any atom is 0.228 e. The van der Waals surface area contributed by atoms with Crippen LogP contribution in [0.5, 0.6) is 11.5 Å². The second-order valence-corrected chi connectivity index (χ2v) is 4.33. The summed E-state index contributed by atoms with van der Waals surface area (Å²) in [5.41, 5.74) is 7.81. The molecule has 2 aromatic carbocycles. The van der Waals surface area contributed by atoms with Crippen LogP contribution in [-0.4, -0.2) is 5.91 Å². The number of anilines is 2. The second kappa shape index (κ2) is 4.28. The number of rotatable bonds is 2. The lowest BCUT2D eigenvalue weighted by Crippen LogP contribution is -2.03. The zero-order valence-corrected chi connectivity index (χ0v) is 9.94. The Labute approximate surface area is 109 Å². The molecular formula is C14H11FN2O2. The predicted octanol–water partition coefficient (Wildman–Crippen LogP) is 2.69. The smallest absolute Gasteiger partial charge is 0.228 e. The molecule has 19 heavy (non-hydrogen) atoms. The van der Waals surface area contributed by atoms with Gasteiger partial charge in [-0.05, 0) is 23.8 Å². The Balaban J connectivity index is 1.94. The Kier molecular flexibility index (Phi) is 2.59. The van der Waals surface area contributed by atoms with Gasteiger partial charge in [0.2, 0.25) is 5.91 Å². The summed E-state index contributed by atoms with van der Waals surface area (Å²) >= 11 is 0. The number of benzene rings is 2. The molecule has 2 aromatic rings. The van der Waals surface area contributed by atoms with Crippen LogP contribution in [0, 0.1) is 5.82 Å². The third kappa shape index (κ3) is 2.22. The Hall–Kier alpha value is -2.56. The number of carbonyl (C=O) groups is 1. The number of fused-ring (bicyclic) bond motifs is 1. The van der Waals surface area contributed by atoms with Crippen LogP contribution in [0.3, 0.4) is 0 Å². The van der Waals surface area contributed by atoms with E-state index in [1.165, 1.54) is 12.1 Å². The number of nitrogens with two attached hydrogens (primary N) is 1. The molecule has 1 amide bonds. The summed E-state index contributed by atoms with van der Waals surface area (Å²) in [4.78, 5) is 11.3. The van der Waals surface area contributed by atoms with Crippen LogP contribution in [0.2, 0.25) is 0 Å². The highest BCUT2D eigenvalue weighted by atomic mass is 19.1. The fraction of sp³-hybridized carbons (Fsp3) is 0.0714. The average Bonchev–Trinajstić information content (AvgIpc) is 2.69. The van der Waals surface area contributed by atoms with E-state index in [-0.39, 0.29) is 11.7 Å². The molecular weight excluding hydrogens is 247 g/mol. The third-order valence-electron chi connectivity index (χ3n) is 2.88. The number of hydrogen-bond donors (Lipinski definition) is 2. The van der Waals surface area contributed by atoms with Gasteiger partial charge in [0.15, 0.2) is 5.75 Å². The molecule has 0 saturated heterocycles. The normalized spacial score (nSPS) is 13.0. The molecule has 0 radical (unpaired) electrons. The van der Waals surface area contributed by atoms with Crippen LogP contribution in [-0.2, 0) is 11.2 Å². The van der Waals surface area contributed by atoms with E-state index in [1.54, 1.807) is 24.3 Å². The van der Waals surface area contributed by atoms with Crippen LogP contribution in [0.1, 0.15) is 5.56 Å². The topological polar surface area (TPSA) is 64.3 Å². The molecule has 0 fully saturated rings. The summed E-state index contributed by atoms with van der Waals surface area (Å²) in [7, 11) is 0. The summed E-state index contributed by atoms with van der Waals surface area (Å²) in [6.07, 6.45) is 0.319. The van der Waals surface area contributed by atoms with Crippen molar-refractivity contribution < 1.29 is 13.9 Å². The minimum Gasteiger partial charge on any atom is -0.455 e. The number of nitrogens with one attached hydrogen (secondary N) is 1. The van der Waals surface area contributed by atoms with Crippen LogP contribution < -0.4 is 15.8 Å². The van der Waals surface area contributed by atoms with Crippen molar-refractivity contribution in [2.75, 3.05) is 11.1 Å². The van der Waals surface area contributed by atoms with Gasteiger partial charge in [0.25, 0.3) is 0 Å². The molecule has 96 valence electrons. The first-order valence-electron chi connectivity index (χ1n) is 5.77. The van der Waals surface area contributed by atoms with E-state index in [9.17, 15) is 9.18 Å². The van der Waals surface area contributed by atoms with Gasteiger partial charge in [-0.15, -0.1) is 0 Å². The monoisotopic (exact) mass is 258 g/mol. The van der Waals surface area contributed by atoms with E-state index in [4.69, 9.17) is 10.5 Å². The lowest BCUT2D eigenvalue weighted by Gasteiger charge is -2.10. The molecule has 0 unspecified atom stereocenters. The van der Waals surface area contributed by atoms with Gasteiger partial charge in [-0.1, -0.05) is 6.07 Å². The summed E-state index contributed by atoms with van der Waals surface area (Å²) in [5.74, 6) is 0.297. The van der Waals surface area contributed by atoms with Crippen LogP contribution in [0.15, 0.2) is 36.4 Å². The Bertz CT molecular complexity index is 670. The van der Waals surface area contributed by atoms with Gasteiger partial charge < -0.3 is 15.8 Å². The molecule has 0 aliphatic carbocycles. The first-order chi connectivity index (χ1) is 9.11. The molecule has 3 rings (SSSR count). The molecule has 4 nitrogen and oxygen atoms in total. The summed E-state index contributed by atoms with van der Waals surface area (Å²) < 4.78 is 18.6. The maximum absolute atomic E-state index is 13.1. The van der Waals surface area contributed by atoms with Crippen molar-refractivity contribution in [2.45, 2.75) is 6.42 Å². The van der Waals surface area contributed by atoms with Gasteiger partial charge in [-0.25, -0.2) is 4.39 Å². The Morgan fingerprint density at radius 1 is 1.26 bits per heavy atom. The zero-order chi connectivity index (χ0) is 13.4. The highest BCUT2D eigenvalue weighted by Crippen LogP contribution is 2.35.